The molecule has 0 radical (unpaired) electrons. The van der Waals surface area contributed by atoms with Crippen molar-refractivity contribution in [2.75, 3.05) is 0 Å². The van der Waals surface area contributed by atoms with Crippen LogP contribution in [0.3, 0.4) is 0 Å². The van der Waals surface area contributed by atoms with Crippen molar-refractivity contribution in [2.24, 2.45) is 0 Å². The Kier molecular flexibility index (Phi) is 2.20. The second-order valence-electron chi connectivity index (χ2n) is 2.13. The summed E-state index contributed by atoms with van der Waals surface area (Å²) in [5.74, 6) is 0. The predicted molar refractivity (Wildman–Crippen MR) is 41.8 cm³/mol. The molecule has 1 aromatic rings. The Morgan fingerprint density at radius 1 is 1.73 bits per heavy atom. The van der Waals surface area contributed by atoms with Gasteiger partial charge in [-0.3, -0.25) is 5.10 Å². The van der Waals surface area contributed by atoms with E-state index in [-0.39, 0.29) is 0 Å². The lowest BCUT2D eigenvalue weighted by atomic mass is 10.3. The van der Waals surface area contributed by atoms with E-state index in [0.29, 0.717) is 5.69 Å². The van der Waals surface area contributed by atoms with E-state index in [2.05, 4.69) is 10.2 Å². The zero-order chi connectivity index (χ0) is 8.48. The molecule has 0 saturated carbocycles. The molecule has 1 aromatic heterocycles. The van der Waals surface area contributed by atoms with Crippen molar-refractivity contribution in [3.8, 4) is 0 Å². The summed E-state index contributed by atoms with van der Waals surface area (Å²) < 4.78 is 21.5. The SMILES string of the molecule is CC(c1ccn[nH]1)S(=O)(=O)Cl. The second-order valence-corrected chi connectivity index (χ2v) is 5.08. The second kappa shape index (κ2) is 2.83. The van der Waals surface area contributed by atoms with Gasteiger partial charge in [0.1, 0.15) is 5.25 Å². The van der Waals surface area contributed by atoms with E-state index in [4.69, 9.17) is 10.7 Å². The van der Waals surface area contributed by atoms with Gasteiger partial charge in [-0.2, -0.15) is 5.10 Å². The molecule has 0 spiro atoms. The highest BCUT2D eigenvalue weighted by Crippen LogP contribution is 2.22. The van der Waals surface area contributed by atoms with Gasteiger partial charge in [-0.25, -0.2) is 8.42 Å². The molecule has 6 heteroatoms. The number of nitrogens with one attached hydrogen (secondary N) is 1. The highest BCUT2D eigenvalue weighted by molar-refractivity contribution is 8.13. The summed E-state index contributed by atoms with van der Waals surface area (Å²) in [7, 11) is 1.57. The molecule has 4 nitrogen and oxygen atoms in total. The Morgan fingerprint density at radius 3 is 2.73 bits per heavy atom. The molecule has 0 amide bonds. The lowest BCUT2D eigenvalue weighted by Gasteiger charge is -2.02. The normalized spacial score (nSPS) is 14.7. The number of rotatable bonds is 2. The predicted octanol–water partition coefficient (Wildman–Crippen LogP) is 1.04. The Balaban J connectivity index is 2.97. The van der Waals surface area contributed by atoms with Crippen molar-refractivity contribution in [1.29, 1.82) is 0 Å². The van der Waals surface area contributed by atoms with E-state index in [9.17, 15) is 8.42 Å². The third-order valence-electron chi connectivity index (χ3n) is 1.38. The highest BCUT2D eigenvalue weighted by atomic mass is 35.7. The van der Waals surface area contributed by atoms with Gasteiger partial charge in [0, 0.05) is 16.9 Å². The smallest absolute Gasteiger partial charge is 0.240 e. The molecular formula is C5H7ClN2O2S. The van der Waals surface area contributed by atoms with E-state index in [1.54, 1.807) is 6.07 Å². The lowest BCUT2D eigenvalue weighted by molar-refractivity contribution is 0.599. The number of aromatic nitrogens is 2. The van der Waals surface area contributed by atoms with Crippen LogP contribution < -0.4 is 0 Å². The molecule has 1 unspecified atom stereocenters. The van der Waals surface area contributed by atoms with Crippen molar-refractivity contribution >= 4 is 19.7 Å². The molecule has 0 bridgehead atoms. The van der Waals surface area contributed by atoms with Crippen LogP contribution in [-0.4, -0.2) is 18.6 Å². The molecule has 0 aliphatic heterocycles. The molecular weight excluding hydrogens is 188 g/mol. The van der Waals surface area contributed by atoms with E-state index < -0.39 is 14.3 Å². The van der Waals surface area contributed by atoms with E-state index >= 15 is 0 Å². The Bertz CT molecular complexity index is 318. The third-order valence-corrected chi connectivity index (χ3v) is 3.28. The van der Waals surface area contributed by atoms with Crippen LogP contribution in [0.5, 0.6) is 0 Å². The fraction of sp³-hybridized carbons (Fsp3) is 0.400. The van der Waals surface area contributed by atoms with Gasteiger partial charge >= 0.3 is 0 Å². The molecule has 0 aliphatic carbocycles. The van der Waals surface area contributed by atoms with Crippen LogP contribution in [0.1, 0.15) is 17.9 Å². The number of hydrogen-bond acceptors (Lipinski definition) is 3. The molecule has 0 fully saturated rings. The number of halogens is 1. The number of H-pyrrole nitrogens is 1. The maximum Gasteiger partial charge on any atom is 0.240 e. The first-order valence-electron chi connectivity index (χ1n) is 2.94. The molecule has 0 aliphatic rings. The minimum absolute atomic E-state index is 0.500. The van der Waals surface area contributed by atoms with Crippen LogP contribution in [0.15, 0.2) is 12.3 Å². The Hall–Kier alpha value is -0.550. The first-order valence-corrected chi connectivity index (χ1v) is 5.32. The molecule has 1 N–H and O–H groups in total. The summed E-state index contributed by atoms with van der Waals surface area (Å²) in [6, 6.07) is 1.57. The molecule has 1 heterocycles. The number of nitrogens with zero attached hydrogens (tertiary/aromatic N) is 1. The summed E-state index contributed by atoms with van der Waals surface area (Å²) >= 11 is 0. The third kappa shape index (κ3) is 1.94. The van der Waals surface area contributed by atoms with Gasteiger partial charge in [0.25, 0.3) is 0 Å². The Morgan fingerprint density at radius 2 is 2.36 bits per heavy atom. The average Bonchev–Trinajstić information content (AvgIpc) is 2.34. The number of hydrogen-bond donors (Lipinski definition) is 1. The Labute approximate surface area is 69.0 Å². The number of aromatic amines is 1. The van der Waals surface area contributed by atoms with Gasteiger partial charge in [-0.05, 0) is 13.0 Å². The minimum Gasteiger partial charge on any atom is -0.281 e. The summed E-state index contributed by atoms with van der Waals surface area (Å²) in [5.41, 5.74) is 0.500. The van der Waals surface area contributed by atoms with Crippen molar-refractivity contribution in [1.82, 2.24) is 10.2 Å². The summed E-state index contributed by atoms with van der Waals surface area (Å²) in [6.45, 7) is 1.50. The summed E-state index contributed by atoms with van der Waals surface area (Å²) in [5, 5.41) is 5.41. The summed E-state index contributed by atoms with van der Waals surface area (Å²) in [4.78, 5) is 0. The zero-order valence-electron chi connectivity index (χ0n) is 5.78. The van der Waals surface area contributed by atoms with Gasteiger partial charge in [0.05, 0.1) is 5.69 Å². The van der Waals surface area contributed by atoms with Crippen LogP contribution in [0.2, 0.25) is 0 Å². The minimum atomic E-state index is -3.52. The van der Waals surface area contributed by atoms with Crippen molar-refractivity contribution in [3.05, 3.63) is 18.0 Å². The van der Waals surface area contributed by atoms with Crippen molar-refractivity contribution in [3.63, 3.8) is 0 Å². The van der Waals surface area contributed by atoms with Crippen molar-refractivity contribution in [2.45, 2.75) is 12.2 Å². The van der Waals surface area contributed by atoms with E-state index in [0.717, 1.165) is 0 Å². The largest absolute Gasteiger partial charge is 0.281 e. The monoisotopic (exact) mass is 194 g/mol. The van der Waals surface area contributed by atoms with E-state index in [1.165, 1.54) is 13.1 Å². The molecule has 0 aromatic carbocycles. The van der Waals surface area contributed by atoms with Gasteiger partial charge in [0.2, 0.25) is 9.05 Å². The molecule has 62 valence electrons. The van der Waals surface area contributed by atoms with Crippen LogP contribution >= 0.6 is 10.7 Å². The van der Waals surface area contributed by atoms with Gasteiger partial charge in [-0.1, -0.05) is 0 Å². The molecule has 11 heavy (non-hydrogen) atoms. The molecule has 1 rings (SSSR count). The zero-order valence-corrected chi connectivity index (χ0v) is 7.35. The highest BCUT2D eigenvalue weighted by Gasteiger charge is 2.20. The lowest BCUT2D eigenvalue weighted by Crippen LogP contribution is -2.02. The fourth-order valence-corrected chi connectivity index (χ4v) is 1.37. The first kappa shape index (κ1) is 8.55. The quantitative estimate of drug-likeness (QED) is 0.716. The maximum absolute atomic E-state index is 10.7. The molecule has 0 saturated heterocycles. The van der Waals surface area contributed by atoms with Crippen LogP contribution in [0.25, 0.3) is 0 Å². The average molecular weight is 195 g/mol. The topological polar surface area (TPSA) is 62.8 Å². The standard InChI is InChI=1S/C5H7ClN2O2S/c1-4(11(6,9)10)5-2-3-7-8-5/h2-4H,1H3,(H,7,8). The van der Waals surface area contributed by atoms with Crippen molar-refractivity contribution < 1.29 is 8.42 Å². The van der Waals surface area contributed by atoms with Gasteiger partial charge in [0.15, 0.2) is 0 Å². The van der Waals surface area contributed by atoms with Gasteiger partial charge < -0.3 is 0 Å². The first-order chi connectivity index (χ1) is 5.02. The van der Waals surface area contributed by atoms with Crippen LogP contribution in [0.4, 0.5) is 0 Å². The summed E-state index contributed by atoms with van der Waals surface area (Å²) in [6.07, 6.45) is 1.48. The van der Waals surface area contributed by atoms with Crippen LogP contribution in [-0.2, 0) is 9.05 Å². The molecule has 1 atom stereocenters. The van der Waals surface area contributed by atoms with Gasteiger partial charge in [-0.15, -0.1) is 0 Å². The fourth-order valence-electron chi connectivity index (χ4n) is 0.645. The van der Waals surface area contributed by atoms with Crippen LogP contribution in [0, 0.1) is 0 Å². The van der Waals surface area contributed by atoms with E-state index in [1.807, 2.05) is 0 Å². The maximum atomic E-state index is 10.7.